The number of hydrogen-bond donors (Lipinski definition) is 0. The molecule has 0 bridgehead atoms. The first-order valence-corrected chi connectivity index (χ1v) is 8.82. The van der Waals surface area contributed by atoms with E-state index in [-0.39, 0.29) is 0 Å². The van der Waals surface area contributed by atoms with Crippen LogP contribution >= 0.6 is 0 Å². The van der Waals surface area contributed by atoms with Crippen LogP contribution in [0.2, 0.25) is 0 Å². The number of hydrogen-bond acceptors (Lipinski definition) is 1. The maximum Gasteiger partial charge on any atom is 0.0193 e. The number of rotatable bonds is 9. The summed E-state index contributed by atoms with van der Waals surface area (Å²) in [5, 5.41) is 0. The maximum absolute atomic E-state index is 4.38. The predicted molar refractivity (Wildman–Crippen MR) is 95.6 cm³/mol. The lowest BCUT2D eigenvalue weighted by Gasteiger charge is -2.49. The van der Waals surface area contributed by atoms with Gasteiger partial charge in [0.15, 0.2) is 0 Å². The summed E-state index contributed by atoms with van der Waals surface area (Å²) >= 11 is 0. The van der Waals surface area contributed by atoms with Crippen LogP contribution in [0, 0.1) is 17.3 Å². The van der Waals surface area contributed by atoms with E-state index in [1.54, 1.807) is 5.57 Å². The summed E-state index contributed by atoms with van der Waals surface area (Å²) in [6.45, 7) is 18.1. The van der Waals surface area contributed by atoms with Crippen molar-refractivity contribution in [2.24, 2.45) is 17.3 Å². The van der Waals surface area contributed by atoms with E-state index in [1.165, 1.54) is 37.7 Å². The average Bonchev–Trinajstić information content (AvgIpc) is 2.39. The Bertz CT molecular complexity index is 358. The molecule has 0 unspecified atom stereocenters. The summed E-state index contributed by atoms with van der Waals surface area (Å²) in [6, 6.07) is 0. The van der Waals surface area contributed by atoms with Crippen LogP contribution in [0.1, 0.15) is 66.7 Å². The molecule has 0 amide bonds. The third-order valence-corrected chi connectivity index (χ3v) is 5.60. The summed E-state index contributed by atoms with van der Waals surface area (Å²) in [5.41, 5.74) is 3.58. The molecule has 1 nitrogen and oxygen atoms in total. The zero-order valence-corrected chi connectivity index (χ0v) is 15.3. The van der Waals surface area contributed by atoms with Gasteiger partial charge in [-0.1, -0.05) is 57.9 Å². The molecule has 21 heavy (non-hydrogen) atoms. The van der Waals surface area contributed by atoms with Crippen LogP contribution in [0.5, 0.6) is 0 Å². The van der Waals surface area contributed by atoms with Crippen LogP contribution in [-0.2, 0) is 0 Å². The van der Waals surface area contributed by atoms with Gasteiger partial charge in [0.1, 0.15) is 0 Å². The van der Waals surface area contributed by atoms with E-state index in [0.717, 1.165) is 24.9 Å². The lowest BCUT2D eigenvalue weighted by Crippen LogP contribution is -2.41. The summed E-state index contributed by atoms with van der Waals surface area (Å²) in [5.74, 6) is 1.55. The Kier molecular flexibility index (Phi) is 7.20. The van der Waals surface area contributed by atoms with E-state index >= 15 is 0 Å². The van der Waals surface area contributed by atoms with Crippen LogP contribution in [0.25, 0.3) is 0 Å². The second-order valence-corrected chi connectivity index (χ2v) is 7.79. The van der Waals surface area contributed by atoms with Gasteiger partial charge >= 0.3 is 0 Å². The minimum atomic E-state index is 0.557. The van der Waals surface area contributed by atoms with Crippen molar-refractivity contribution < 1.29 is 0 Å². The fourth-order valence-electron chi connectivity index (χ4n) is 3.42. The smallest absolute Gasteiger partial charge is 0.0193 e. The van der Waals surface area contributed by atoms with Crippen molar-refractivity contribution in [3.05, 3.63) is 23.8 Å². The molecule has 0 aromatic carbocycles. The van der Waals surface area contributed by atoms with Crippen LogP contribution in [0.3, 0.4) is 0 Å². The number of allylic oxidation sites excluding steroid dienone is 1. The van der Waals surface area contributed by atoms with Crippen LogP contribution in [0.15, 0.2) is 23.8 Å². The maximum atomic E-state index is 4.38. The van der Waals surface area contributed by atoms with Gasteiger partial charge in [-0.05, 0) is 56.9 Å². The van der Waals surface area contributed by atoms with E-state index in [1.807, 2.05) is 0 Å². The molecule has 1 aliphatic carbocycles. The average molecular weight is 292 g/mol. The highest BCUT2D eigenvalue weighted by Crippen LogP contribution is 2.52. The highest BCUT2D eigenvalue weighted by atomic mass is 15.1. The molecule has 0 heterocycles. The molecular formula is C20H37N. The highest BCUT2D eigenvalue weighted by molar-refractivity contribution is 5.13. The summed E-state index contributed by atoms with van der Waals surface area (Å²) < 4.78 is 0. The van der Waals surface area contributed by atoms with Crippen LogP contribution < -0.4 is 0 Å². The van der Waals surface area contributed by atoms with Gasteiger partial charge in [-0.25, -0.2) is 0 Å². The molecule has 0 N–H and O–H groups in total. The largest absolute Gasteiger partial charge is 0.299 e. The first-order chi connectivity index (χ1) is 9.82. The van der Waals surface area contributed by atoms with Gasteiger partial charge in [-0.3, -0.25) is 4.90 Å². The van der Waals surface area contributed by atoms with Crippen molar-refractivity contribution in [1.82, 2.24) is 4.90 Å². The van der Waals surface area contributed by atoms with Gasteiger partial charge in [0, 0.05) is 13.1 Å². The van der Waals surface area contributed by atoms with Crippen LogP contribution in [-0.4, -0.2) is 25.0 Å². The van der Waals surface area contributed by atoms with Crippen molar-refractivity contribution >= 4 is 0 Å². The Morgan fingerprint density at radius 2 is 1.95 bits per heavy atom. The van der Waals surface area contributed by atoms with Crippen LogP contribution in [0.4, 0.5) is 0 Å². The fourth-order valence-corrected chi connectivity index (χ4v) is 3.42. The molecule has 0 saturated heterocycles. The quantitative estimate of drug-likeness (QED) is 0.494. The molecule has 0 spiro atoms. The third-order valence-electron chi connectivity index (χ3n) is 5.60. The molecular weight excluding hydrogens is 254 g/mol. The summed E-state index contributed by atoms with van der Waals surface area (Å²) in [4.78, 5) is 2.44. The molecule has 0 aromatic heterocycles. The standard InChI is InChI=1S/C20H37N/c1-8-10-11-18(9-2)15-21(7)14-17(5)19-12-20(6,13-19)16(3)4/h9,16,19H,5,8,10-15H2,1-4,6-7H3/b18-9-. The zero-order chi connectivity index (χ0) is 16.0. The van der Waals surface area contributed by atoms with E-state index in [9.17, 15) is 0 Å². The van der Waals surface area contributed by atoms with Crippen molar-refractivity contribution in [1.29, 1.82) is 0 Å². The lowest BCUT2D eigenvalue weighted by molar-refractivity contribution is 0.0417. The van der Waals surface area contributed by atoms with Gasteiger partial charge in [-0.15, -0.1) is 0 Å². The normalized spacial score (nSPS) is 26.3. The Morgan fingerprint density at radius 1 is 1.33 bits per heavy atom. The summed E-state index contributed by atoms with van der Waals surface area (Å²) in [6.07, 6.45) is 8.81. The van der Waals surface area contributed by atoms with Gasteiger partial charge in [-0.2, -0.15) is 0 Å². The van der Waals surface area contributed by atoms with Crippen molar-refractivity contribution in [2.45, 2.75) is 66.7 Å². The molecule has 0 aromatic rings. The van der Waals surface area contributed by atoms with Crippen molar-refractivity contribution in [3.63, 3.8) is 0 Å². The molecule has 1 fully saturated rings. The van der Waals surface area contributed by atoms with E-state index < -0.39 is 0 Å². The molecule has 122 valence electrons. The number of likely N-dealkylation sites (N-methyl/N-ethyl adjacent to an activating group) is 1. The van der Waals surface area contributed by atoms with Gasteiger partial charge in [0.25, 0.3) is 0 Å². The first kappa shape index (κ1) is 18.5. The molecule has 0 aliphatic heterocycles. The van der Waals surface area contributed by atoms with Gasteiger partial charge in [0.05, 0.1) is 0 Å². The van der Waals surface area contributed by atoms with E-state index in [2.05, 4.69) is 59.2 Å². The Morgan fingerprint density at radius 3 is 2.43 bits per heavy atom. The fraction of sp³-hybridized carbons (Fsp3) is 0.800. The third kappa shape index (κ3) is 5.29. The second-order valence-electron chi connectivity index (χ2n) is 7.79. The summed E-state index contributed by atoms with van der Waals surface area (Å²) in [7, 11) is 2.24. The minimum Gasteiger partial charge on any atom is -0.299 e. The SMILES string of the molecule is C=C(CN(C)C/C(=C\C)CCCC)C1CC(C)(C(C)C)C1. The Balaban J connectivity index is 2.35. The Labute approximate surface area is 133 Å². The highest BCUT2D eigenvalue weighted by Gasteiger charge is 2.43. The minimum absolute atomic E-state index is 0.557. The molecule has 1 saturated carbocycles. The van der Waals surface area contributed by atoms with E-state index in [4.69, 9.17) is 0 Å². The zero-order valence-electron chi connectivity index (χ0n) is 15.3. The molecule has 0 radical (unpaired) electrons. The molecule has 1 heteroatoms. The van der Waals surface area contributed by atoms with Gasteiger partial charge < -0.3 is 0 Å². The van der Waals surface area contributed by atoms with E-state index in [0.29, 0.717) is 5.41 Å². The Hall–Kier alpha value is -0.560. The first-order valence-electron chi connectivity index (χ1n) is 8.82. The predicted octanol–water partition coefficient (Wildman–Crippen LogP) is 5.68. The topological polar surface area (TPSA) is 3.24 Å². The van der Waals surface area contributed by atoms with Crippen molar-refractivity contribution in [3.8, 4) is 0 Å². The van der Waals surface area contributed by atoms with Crippen molar-refractivity contribution in [2.75, 3.05) is 20.1 Å². The number of unbranched alkanes of at least 4 members (excludes halogenated alkanes) is 1. The monoisotopic (exact) mass is 291 g/mol. The second kappa shape index (κ2) is 8.17. The lowest BCUT2D eigenvalue weighted by atomic mass is 9.56. The molecule has 0 atom stereocenters. The van der Waals surface area contributed by atoms with Gasteiger partial charge in [0.2, 0.25) is 0 Å². The number of nitrogens with zero attached hydrogens (tertiary/aromatic N) is 1. The molecule has 1 aliphatic rings. The molecule has 1 rings (SSSR count).